The van der Waals surface area contributed by atoms with Crippen LogP contribution < -0.4 is 24.0 Å². The molecule has 0 fully saturated rings. The number of methoxy groups -OCH3 is 1. The van der Waals surface area contributed by atoms with Crippen LogP contribution in [0.25, 0.3) is 0 Å². The smallest absolute Gasteiger partial charge is 0.305 e. The molecular formula is C14H22INO2. The lowest BCUT2D eigenvalue weighted by atomic mass is 10.2. The molecule has 0 atom stereocenters. The van der Waals surface area contributed by atoms with Gasteiger partial charge in [0.25, 0.3) is 0 Å². The van der Waals surface area contributed by atoms with E-state index >= 15 is 0 Å². The number of ether oxygens (including phenoxy) is 1. The van der Waals surface area contributed by atoms with Gasteiger partial charge in [-0.3, -0.25) is 4.79 Å². The van der Waals surface area contributed by atoms with E-state index in [0.717, 1.165) is 24.0 Å². The molecule has 18 heavy (non-hydrogen) atoms. The second kappa shape index (κ2) is 8.48. The summed E-state index contributed by atoms with van der Waals surface area (Å²) in [5.41, 5.74) is 1.33. The van der Waals surface area contributed by atoms with Gasteiger partial charge in [-0.1, -0.05) is 30.3 Å². The normalized spacial score (nSPS) is 10.6. The molecule has 0 amide bonds. The van der Waals surface area contributed by atoms with Crippen LogP contribution in [0.3, 0.4) is 0 Å². The first-order valence-electron chi connectivity index (χ1n) is 5.96. The number of quaternary nitrogens is 1. The molecule has 4 heteroatoms. The number of carbonyl (C=O) groups excluding carboxylic acids is 1. The third kappa shape index (κ3) is 6.96. The first kappa shape index (κ1) is 17.4. The van der Waals surface area contributed by atoms with Crippen molar-refractivity contribution in [2.45, 2.75) is 19.4 Å². The van der Waals surface area contributed by atoms with Gasteiger partial charge in [0.15, 0.2) is 0 Å². The molecule has 1 aromatic carbocycles. The fourth-order valence-electron chi connectivity index (χ4n) is 1.91. The summed E-state index contributed by atoms with van der Waals surface area (Å²) in [6.45, 7) is 1.96. The molecular weight excluding hydrogens is 341 g/mol. The summed E-state index contributed by atoms with van der Waals surface area (Å²) in [5, 5.41) is 0. The third-order valence-electron chi connectivity index (χ3n) is 2.83. The molecule has 3 nitrogen and oxygen atoms in total. The highest BCUT2D eigenvalue weighted by Gasteiger charge is 2.16. The molecule has 1 rings (SSSR count). The van der Waals surface area contributed by atoms with E-state index < -0.39 is 0 Å². The molecule has 0 N–H and O–H groups in total. The highest BCUT2D eigenvalue weighted by atomic mass is 127. The summed E-state index contributed by atoms with van der Waals surface area (Å²) < 4.78 is 5.53. The van der Waals surface area contributed by atoms with Crippen LogP contribution >= 0.6 is 0 Å². The zero-order valence-electron chi connectivity index (χ0n) is 11.4. The number of hydrogen-bond donors (Lipinski definition) is 0. The molecule has 0 aliphatic rings. The molecule has 0 heterocycles. The second-order valence-electron chi connectivity index (χ2n) is 4.98. The van der Waals surface area contributed by atoms with E-state index in [2.05, 4.69) is 43.1 Å². The van der Waals surface area contributed by atoms with Crippen LogP contribution in [-0.2, 0) is 16.1 Å². The van der Waals surface area contributed by atoms with Crippen molar-refractivity contribution in [2.75, 3.05) is 27.7 Å². The molecule has 0 spiro atoms. The quantitative estimate of drug-likeness (QED) is 0.377. The molecule has 102 valence electrons. The van der Waals surface area contributed by atoms with E-state index in [4.69, 9.17) is 0 Å². The summed E-state index contributed by atoms with van der Waals surface area (Å²) >= 11 is 0. The van der Waals surface area contributed by atoms with Crippen LogP contribution in [0, 0.1) is 0 Å². The minimum absolute atomic E-state index is 0. The summed E-state index contributed by atoms with van der Waals surface area (Å²) in [6.07, 6.45) is 1.37. The van der Waals surface area contributed by atoms with Crippen LogP contribution in [0.4, 0.5) is 0 Å². The summed E-state index contributed by atoms with van der Waals surface area (Å²) in [5.74, 6) is -0.121. The van der Waals surface area contributed by atoms with Gasteiger partial charge in [-0.05, 0) is 0 Å². The summed E-state index contributed by atoms with van der Waals surface area (Å²) in [4.78, 5) is 11.0. The molecule has 1 aromatic rings. The molecule has 0 aliphatic carbocycles. The summed E-state index contributed by atoms with van der Waals surface area (Å²) in [7, 11) is 5.81. The third-order valence-corrected chi connectivity index (χ3v) is 2.83. The Morgan fingerprint density at radius 2 is 1.83 bits per heavy atom. The van der Waals surface area contributed by atoms with Gasteiger partial charge in [-0.2, -0.15) is 0 Å². The Hall–Kier alpha value is -0.620. The molecule has 0 radical (unpaired) electrons. The number of halogens is 1. The van der Waals surface area contributed by atoms with Crippen molar-refractivity contribution in [2.24, 2.45) is 0 Å². The number of benzene rings is 1. The lowest BCUT2D eigenvalue weighted by Gasteiger charge is -2.29. The Morgan fingerprint density at radius 1 is 1.22 bits per heavy atom. The Bertz CT molecular complexity index is 352. The number of hydrogen-bond acceptors (Lipinski definition) is 2. The van der Waals surface area contributed by atoms with Gasteiger partial charge in [0.05, 0.1) is 34.2 Å². The van der Waals surface area contributed by atoms with Crippen LogP contribution in [0.1, 0.15) is 18.4 Å². The van der Waals surface area contributed by atoms with E-state index in [1.54, 1.807) is 0 Å². The van der Waals surface area contributed by atoms with Crippen LogP contribution in [0.15, 0.2) is 30.3 Å². The van der Waals surface area contributed by atoms with Crippen LogP contribution in [-0.4, -0.2) is 38.2 Å². The SMILES string of the molecule is COC(=O)CCC[N+](C)(C)Cc1ccccc1.[I-]. The first-order valence-corrected chi connectivity index (χ1v) is 5.96. The van der Waals surface area contributed by atoms with E-state index in [1.807, 2.05) is 6.07 Å². The zero-order chi connectivity index (χ0) is 12.7. The number of carbonyl (C=O) groups is 1. The molecule has 0 aromatic heterocycles. The molecule has 0 unspecified atom stereocenters. The highest BCUT2D eigenvalue weighted by Crippen LogP contribution is 2.10. The maximum Gasteiger partial charge on any atom is 0.305 e. The van der Waals surface area contributed by atoms with Crippen molar-refractivity contribution in [3.63, 3.8) is 0 Å². The number of esters is 1. The van der Waals surface area contributed by atoms with E-state index in [0.29, 0.717) is 6.42 Å². The van der Waals surface area contributed by atoms with E-state index in [1.165, 1.54) is 12.7 Å². The molecule has 0 saturated heterocycles. The fraction of sp³-hybridized carbons (Fsp3) is 0.500. The van der Waals surface area contributed by atoms with Crippen molar-refractivity contribution < 1.29 is 38.0 Å². The van der Waals surface area contributed by atoms with Crippen molar-refractivity contribution in [1.82, 2.24) is 0 Å². The van der Waals surface area contributed by atoms with Gasteiger partial charge < -0.3 is 33.2 Å². The van der Waals surface area contributed by atoms with Crippen LogP contribution in [0.5, 0.6) is 0 Å². The maximum atomic E-state index is 11.0. The number of rotatable bonds is 6. The molecule has 0 bridgehead atoms. The zero-order valence-corrected chi connectivity index (χ0v) is 13.5. The van der Waals surface area contributed by atoms with E-state index in [-0.39, 0.29) is 29.9 Å². The van der Waals surface area contributed by atoms with Gasteiger partial charge in [0, 0.05) is 12.0 Å². The fourth-order valence-corrected chi connectivity index (χ4v) is 1.91. The lowest BCUT2D eigenvalue weighted by Crippen LogP contribution is -3.00. The number of nitrogens with zero attached hydrogens (tertiary/aromatic N) is 1. The van der Waals surface area contributed by atoms with Gasteiger partial charge in [0.1, 0.15) is 6.54 Å². The van der Waals surface area contributed by atoms with Gasteiger partial charge in [-0.25, -0.2) is 0 Å². The predicted molar refractivity (Wildman–Crippen MR) is 68.4 cm³/mol. The Labute approximate surface area is 127 Å². The van der Waals surface area contributed by atoms with Crippen LogP contribution in [0.2, 0.25) is 0 Å². The van der Waals surface area contributed by atoms with Crippen molar-refractivity contribution in [1.29, 1.82) is 0 Å². The topological polar surface area (TPSA) is 26.3 Å². The van der Waals surface area contributed by atoms with Gasteiger partial charge in [0.2, 0.25) is 0 Å². The van der Waals surface area contributed by atoms with Gasteiger partial charge >= 0.3 is 5.97 Å². The Kier molecular flexibility index (Phi) is 8.18. The standard InChI is InChI=1S/C14H22NO2.HI/c1-15(2,11-7-10-14(16)17-3)12-13-8-5-4-6-9-13;/h4-6,8-9H,7,10-12H2,1-3H3;1H/q+1;/p-1. The second-order valence-corrected chi connectivity index (χ2v) is 4.98. The average molecular weight is 363 g/mol. The Morgan fingerprint density at radius 3 is 2.39 bits per heavy atom. The van der Waals surface area contributed by atoms with Crippen molar-refractivity contribution >= 4 is 5.97 Å². The minimum atomic E-state index is -0.121. The lowest BCUT2D eigenvalue weighted by molar-refractivity contribution is -0.903. The van der Waals surface area contributed by atoms with Crippen molar-refractivity contribution in [3.05, 3.63) is 35.9 Å². The predicted octanol–water partition coefficient (Wildman–Crippen LogP) is -0.780. The monoisotopic (exact) mass is 363 g/mol. The molecule has 0 saturated carbocycles. The van der Waals surface area contributed by atoms with Gasteiger partial charge in [-0.15, -0.1) is 0 Å². The first-order chi connectivity index (χ1) is 8.03. The Balaban J connectivity index is 0.00000289. The average Bonchev–Trinajstić information content (AvgIpc) is 2.29. The highest BCUT2D eigenvalue weighted by molar-refractivity contribution is 5.68. The van der Waals surface area contributed by atoms with Crippen molar-refractivity contribution in [3.8, 4) is 0 Å². The van der Waals surface area contributed by atoms with E-state index in [9.17, 15) is 4.79 Å². The summed E-state index contributed by atoms with van der Waals surface area (Å²) in [6, 6.07) is 10.4. The maximum absolute atomic E-state index is 11.0. The largest absolute Gasteiger partial charge is 1.00 e. The molecule has 0 aliphatic heterocycles. The minimum Gasteiger partial charge on any atom is -1.00 e.